The summed E-state index contributed by atoms with van der Waals surface area (Å²) in [4.78, 5) is 27.4. The van der Waals surface area contributed by atoms with Crippen molar-refractivity contribution < 1.29 is 27.5 Å². The Morgan fingerprint density at radius 1 is 1.21 bits per heavy atom. The minimum Gasteiger partial charge on any atom is -0.435 e. The number of fused-ring (bicyclic) bond motifs is 1. The number of halogens is 3. The van der Waals surface area contributed by atoms with Crippen LogP contribution in [0.3, 0.4) is 0 Å². The predicted octanol–water partition coefficient (Wildman–Crippen LogP) is 3.40. The number of benzene rings is 2. The van der Waals surface area contributed by atoms with Crippen molar-refractivity contribution in [2.24, 2.45) is 0 Å². The molecule has 0 radical (unpaired) electrons. The fraction of sp³-hybridized carbons (Fsp3) is 0.300. The van der Waals surface area contributed by atoms with Crippen molar-refractivity contribution in [2.45, 2.75) is 13.0 Å². The van der Waals surface area contributed by atoms with E-state index in [1.165, 1.54) is 21.9 Å². The van der Waals surface area contributed by atoms with Crippen LogP contribution in [0.15, 0.2) is 36.4 Å². The zero-order valence-corrected chi connectivity index (χ0v) is 15.9. The Balaban J connectivity index is 1.80. The van der Waals surface area contributed by atoms with E-state index in [9.17, 15) is 22.8 Å². The lowest BCUT2D eigenvalue weighted by Gasteiger charge is -2.30. The molecule has 0 aromatic heterocycles. The van der Waals surface area contributed by atoms with Gasteiger partial charge in [-0.15, -0.1) is 0 Å². The summed E-state index contributed by atoms with van der Waals surface area (Å²) in [5, 5.41) is 3.10. The number of nitrogens with one attached hydrogen (secondary N) is 1. The van der Waals surface area contributed by atoms with Crippen LogP contribution >= 0.6 is 0 Å². The molecule has 0 bridgehead atoms. The average molecular weight is 407 g/mol. The molecule has 29 heavy (non-hydrogen) atoms. The third-order valence-electron chi connectivity index (χ3n) is 4.52. The Kier molecular flexibility index (Phi) is 5.95. The van der Waals surface area contributed by atoms with Crippen LogP contribution in [0.25, 0.3) is 11.1 Å². The summed E-state index contributed by atoms with van der Waals surface area (Å²) in [6.45, 7) is -2.56. The molecule has 0 atom stereocenters. The lowest BCUT2D eigenvalue weighted by Crippen LogP contribution is -2.41. The van der Waals surface area contributed by atoms with Crippen LogP contribution in [0, 0.1) is 5.82 Å². The fourth-order valence-electron chi connectivity index (χ4n) is 3.01. The minimum absolute atomic E-state index is 0.0770. The molecule has 1 aliphatic rings. The van der Waals surface area contributed by atoms with Gasteiger partial charge < -0.3 is 19.9 Å². The van der Waals surface area contributed by atoms with E-state index in [1.807, 2.05) is 0 Å². The highest BCUT2D eigenvalue weighted by Crippen LogP contribution is 2.31. The second-order valence-corrected chi connectivity index (χ2v) is 6.76. The minimum atomic E-state index is -3.06. The molecule has 0 saturated carbocycles. The summed E-state index contributed by atoms with van der Waals surface area (Å²) < 4.78 is 42.9. The van der Waals surface area contributed by atoms with Gasteiger partial charge in [0.2, 0.25) is 5.91 Å². The first-order valence-electron chi connectivity index (χ1n) is 8.87. The zero-order valence-electron chi connectivity index (χ0n) is 15.9. The largest absolute Gasteiger partial charge is 0.435 e. The highest BCUT2D eigenvalue weighted by Gasteiger charge is 2.25. The molecule has 2 aromatic carbocycles. The van der Waals surface area contributed by atoms with Gasteiger partial charge in [0.25, 0.3) is 5.91 Å². The quantitative estimate of drug-likeness (QED) is 0.798. The Morgan fingerprint density at radius 3 is 2.66 bits per heavy atom. The number of carbonyl (C=O) groups is 2. The molecule has 0 unspecified atom stereocenters. The van der Waals surface area contributed by atoms with Crippen molar-refractivity contribution in [3.05, 3.63) is 47.8 Å². The van der Waals surface area contributed by atoms with Crippen molar-refractivity contribution in [3.8, 4) is 16.9 Å². The molecule has 2 amide bonds. The van der Waals surface area contributed by atoms with Gasteiger partial charge in [0.05, 0.1) is 12.2 Å². The van der Waals surface area contributed by atoms with E-state index in [2.05, 4.69) is 10.1 Å². The monoisotopic (exact) mass is 407 g/mol. The molecule has 3 rings (SSSR count). The highest BCUT2D eigenvalue weighted by molar-refractivity contribution is 6.02. The Hall–Kier alpha value is -3.23. The first-order valence-corrected chi connectivity index (χ1v) is 8.87. The molecule has 1 N–H and O–H groups in total. The maximum absolute atomic E-state index is 13.8. The van der Waals surface area contributed by atoms with Gasteiger partial charge >= 0.3 is 6.61 Å². The topological polar surface area (TPSA) is 61.9 Å². The van der Waals surface area contributed by atoms with Crippen molar-refractivity contribution in [1.29, 1.82) is 0 Å². The summed E-state index contributed by atoms with van der Waals surface area (Å²) >= 11 is 0. The Morgan fingerprint density at radius 2 is 1.97 bits per heavy atom. The lowest BCUT2D eigenvalue weighted by molar-refractivity contribution is -0.128. The number of alkyl halides is 2. The van der Waals surface area contributed by atoms with Crippen LogP contribution in [-0.4, -0.2) is 55.5 Å². The molecule has 0 aliphatic carbocycles. The number of ether oxygens (including phenoxy) is 1. The molecule has 1 aliphatic heterocycles. The maximum atomic E-state index is 13.8. The third-order valence-corrected chi connectivity index (χ3v) is 4.52. The third kappa shape index (κ3) is 4.79. The maximum Gasteiger partial charge on any atom is 0.387 e. The smallest absolute Gasteiger partial charge is 0.387 e. The standard InChI is InChI=1S/C20H20F3N3O3/c1-25(2)18(27)5-6-26-11-24-17-9-12(3-4-16(17)19(26)28)13-7-14(21)10-15(8-13)29-20(22)23/h3-4,7-10,20,24H,5-6,11H2,1-2H3. The SMILES string of the molecule is CN(C)C(=O)CCN1CNc2cc(-c3cc(F)cc(OC(F)F)c3)ccc2C1=O. The van der Waals surface area contributed by atoms with Crippen molar-refractivity contribution in [3.63, 3.8) is 0 Å². The second kappa shape index (κ2) is 8.42. The van der Waals surface area contributed by atoms with Crippen molar-refractivity contribution in [2.75, 3.05) is 32.6 Å². The predicted molar refractivity (Wildman–Crippen MR) is 101 cm³/mol. The number of nitrogens with zero attached hydrogens (tertiary/aromatic N) is 2. The normalized spacial score (nSPS) is 13.2. The van der Waals surface area contributed by atoms with Crippen LogP contribution in [0.4, 0.5) is 18.9 Å². The van der Waals surface area contributed by atoms with Gasteiger partial charge in [0.1, 0.15) is 11.6 Å². The van der Waals surface area contributed by atoms with Crippen LogP contribution in [0.2, 0.25) is 0 Å². The summed E-state index contributed by atoms with van der Waals surface area (Å²) in [7, 11) is 3.30. The summed E-state index contributed by atoms with van der Waals surface area (Å²) in [6, 6.07) is 8.22. The first-order chi connectivity index (χ1) is 13.7. The van der Waals surface area contributed by atoms with Gasteiger partial charge in [-0.3, -0.25) is 9.59 Å². The van der Waals surface area contributed by atoms with Gasteiger partial charge in [0.15, 0.2) is 0 Å². The van der Waals surface area contributed by atoms with E-state index in [4.69, 9.17) is 0 Å². The number of carbonyl (C=O) groups excluding carboxylic acids is 2. The molecule has 1 heterocycles. The Labute approximate surface area is 165 Å². The van der Waals surface area contributed by atoms with Gasteiger partial charge in [-0.2, -0.15) is 8.78 Å². The average Bonchev–Trinajstić information content (AvgIpc) is 2.65. The Bertz CT molecular complexity index is 934. The van der Waals surface area contributed by atoms with E-state index >= 15 is 0 Å². The number of hydrogen-bond donors (Lipinski definition) is 1. The molecule has 0 saturated heterocycles. The molecule has 0 fully saturated rings. The molecule has 0 spiro atoms. The molecule has 2 aromatic rings. The first kappa shape index (κ1) is 20.5. The number of amides is 2. The summed E-state index contributed by atoms with van der Waals surface area (Å²) in [5.41, 5.74) is 1.84. The van der Waals surface area contributed by atoms with Crippen LogP contribution in [0.1, 0.15) is 16.8 Å². The second-order valence-electron chi connectivity index (χ2n) is 6.76. The molecule has 6 nitrogen and oxygen atoms in total. The number of anilines is 1. The van der Waals surface area contributed by atoms with Gasteiger partial charge in [0, 0.05) is 38.8 Å². The number of rotatable bonds is 6. The van der Waals surface area contributed by atoms with Crippen LogP contribution < -0.4 is 10.1 Å². The van der Waals surface area contributed by atoms with Crippen molar-refractivity contribution in [1.82, 2.24) is 9.80 Å². The van der Waals surface area contributed by atoms with Gasteiger partial charge in [-0.05, 0) is 35.4 Å². The molecule has 9 heteroatoms. The summed E-state index contributed by atoms with van der Waals surface area (Å²) in [6.07, 6.45) is 0.212. The number of hydrogen-bond acceptors (Lipinski definition) is 4. The highest BCUT2D eigenvalue weighted by atomic mass is 19.3. The van der Waals surface area contributed by atoms with E-state index in [-0.39, 0.29) is 37.2 Å². The van der Waals surface area contributed by atoms with E-state index in [1.54, 1.807) is 32.3 Å². The van der Waals surface area contributed by atoms with Crippen LogP contribution in [-0.2, 0) is 4.79 Å². The molecule has 154 valence electrons. The van der Waals surface area contributed by atoms with E-state index in [0.717, 1.165) is 6.07 Å². The lowest BCUT2D eigenvalue weighted by atomic mass is 10.0. The van der Waals surface area contributed by atoms with Gasteiger partial charge in [-0.25, -0.2) is 4.39 Å². The van der Waals surface area contributed by atoms with Crippen molar-refractivity contribution >= 4 is 17.5 Å². The van der Waals surface area contributed by atoms with E-state index in [0.29, 0.717) is 22.4 Å². The van der Waals surface area contributed by atoms with Gasteiger partial charge in [-0.1, -0.05) is 6.07 Å². The zero-order chi connectivity index (χ0) is 21.1. The van der Waals surface area contributed by atoms with Crippen LogP contribution in [0.5, 0.6) is 5.75 Å². The summed E-state index contributed by atoms with van der Waals surface area (Å²) in [5.74, 6) is -1.30. The fourth-order valence-corrected chi connectivity index (χ4v) is 3.01. The van der Waals surface area contributed by atoms with E-state index < -0.39 is 12.4 Å². The molecular formula is C20H20F3N3O3. The molecular weight excluding hydrogens is 387 g/mol.